The summed E-state index contributed by atoms with van der Waals surface area (Å²) in [5.74, 6) is 0.630. The van der Waals surface area contributed by atoms with Gasteiger partial charge in [-0.25, -0.2) is 9.36 Å². The van der Waals surface area contributed by atoms with E-state index in [-0.39, 0.29) is 6.61 Å². The number of hydrogen-bond donors (Lipinski definition) is 1. The van der Waals surface area contributed by atoms with Gasteiger partial charge in [0.2, 0.25) is 0 Å². The summed E-state index contributed by atoms with van der Waals surface area (Å²) in [5, 5.41) is 2.79. The average Bonchev–Trinajstić information content (AvgIpc) is 2.91. The van der Waals surface area contributed by atoms with Crippen LogP contribution in [0.1, 0.15) is 82.4 Å². The van der Waals surface area contributed by atoms with Crippen molar-refractivity contribution in [3.8, 4) is 11.5 Å². The number of carbonyl (C=O) groups is 1. The Bertz CT molecular complexity index is 1120. The Morgan fingerprint density at radius 1 is 0.789 bits per heavy atom. The Morgan fingerprint density at radius 3 is 1.74 bits per heavy atom. The Labute approximate surface area is 227 Å². The van der Waals surface area contributed by atoms with Gasteiger partial charge in [-0.3, -0.25) is 0 Å². The number of amides is 1. The molecule has 0 aliphatic carbocycles. The molecule has 0 radical (unpaired) electrons. The number of nitrogens with one attached hydrogen (secondary N) is 1. The minimum atomic E-state index is -3.94. The van der Waals surface area contributed by atoms with Crippen molar-refractivity contribution in [2.75, 3.05) is 0 Å². The molecule has 6 nitrogen and oxygen atoms in total. The molecule has 1 N–H and O–H groups in total. The van der Waals surface area contributed by atoms with Crippen molar-refractivity contribution in [1.29, 1.82) is 0 Å². The van der Waals surface area contributed by atoms with Crippen LogP contribution in [0.5, 0.6) is 11.5 Å². The van der Waals surface area contributed by atoms with Crippen molar-refractivity contribution in [3.63, 3.8) is 0 Å². The van der Waals surface area contributed by atoms with Gasteiger partial charge in [0.25, 0.3) is 0 Å². The highest BCUT2D eigenvalue weighted by Crippen LogP contribution is 2.53. The van der Waals surface area contributed by atoms with E-state index in [0.717, 1.165) is 29.5 Å². The fourth-order valence-electron chi connectivity index (χ4n) is 3.87. The van der Waals surface area contributed by atoms with E-state index in [9.17, 15) is 9.36 Å². The summed E-state index contributed by atoms with van der Waals surface area (Å²) in [4.78, 5) is 12.8. The van der Waals surface area contributed by atoms with Crippen molar-refractivity contribution in [3.05, 3.63) is 95.6 Å². The molecule has 0 aliphatic heterocycles. The Balaban J connectivity index is 1.87. The molecule has 0 fully saturated rings. The zero-order valence-electron chi connectivity index (χ0n) is 23.1. The first-order chi connectivity index (χ1) is 18.2. The number of rotatable bonds is 13. The number of hydrogen-bond acceptors (Lipinski definition) is 5. The van der Waals surface area contributed by atoms with Gasteiger partial charge < -0.3 is 19.1 Å². The summed E-state index contributed by atoms with van der Waals surface area (Å²) in [6.45, 7) is 10.6. The van der Waals surface area contributed by atoms with Gasteiger partial charge in [0.1, 0.15) is 18.1 Å². The molecule has 1 atom stereocenters. The molecule has 1 unspecified atom stereocenters. The van der Waals surface area contributed by atoms with Crippen LogP contribution in [-0.4, -0.2) is 11.9 Å². The Kier molecular flexibility index (Phi) is 10.8. The quantitative estimate of drug-likeness (QED) is 0.220. The van der Waals surface area contributed by atoms with Crippen molar-refractivity contribution in [2.24, 2.45) is 0 Å². The molecule has 0 saturated heterocycles. The molecule has 0 bridgehead atoms. The smallest absolute Gasteiger partial charge is 0.445 e. The third kappa shape index (κ3) is 8.66. The molecule has 3 aromatic carbocycles. The van der Waals surface area contributed by atoms with Crippen LogP contribution in [0.15, 0.2) is 78.9 Å². The molecule has 204 valence electrons. The van der Waals surface area contributed by atoms with Gasteiger partial charge in [-0.2, -0.15) is 0 Å². The first-order valence-corrected chi connectivity index (χ1v) is 15.0. The molecule has 0 spiro atoms. The van der Waals surface area contributed by atoms with Crippen LogP contribution in [0.25, 0.3) is 0 Å². The first-order valence-electron chi connectivity index (χ1n) is 13.4. The normalized spacial score (nSPS) is 12.3. The minimum absolute atomic E-state index is 0.104. The van der Waals surface area contributed by atoms with E-state index in [4.69, 9.17) is 13.8 Å². The summed E-state index contributed by atoms with van der Waals surface area (Å²) >= 11 is 0. The largest absolute Gasteiger partial charge is 0.453 e. The highest BCUT2D eigenvalue weighted by molar-refractivity contribution is 7.55. The van der Waals surface area contributed by atoms with E-state index < -0.39 is 19.5 Å². The average molecular weight is 538 g/mol. The molecular formula is C31H40NO5P. The summed E-state index contributed by atoms with van der Waals surface area (Å²) in [6.07, 6.45) is 1.30. The van der Waals surface area contributed by atoms with Gasteiger partial charge >= 0.3 is 13.7 Å². The van der Waals surface area contributed by atoms with Crippen molar-refractivity contribution in [2.45, 2.75) is 78.1 Å². The molecule has 7 heteroatoms. The van der Waals surface area contributed by atoms with Gasteiger partial charge in [-0.15, -0.1) is 0 Å². The van der Waals surface area contributed by atoms with E-state index in [1.165, 1.54) is 0 Å². The second-order valence-electron chi connectivity index (χ2n) is 10.0. The van der Waals surface area contributed by atoms with E-state index >= 15 is 0 Å². The third-order valence-electron chi connectivity index (χ3n) is 6.27. The van der Waals surface area contributed by atoms with E-state index in [2.05, 4.69) is 33.0 Å². The minimum Gasteiger partial charge on any atom is -0.445 e. The van der Waals surface area contributed by atoms with Gasteiger partial charge in [0, 0.05) is 0 Å². The highest BCUT2D eigenvalue weighted by atomic mass is 31.2. The van der Waals surface area contributed by atoms with Gasteiger partial charge in [0.15, 0.2) is 5.78 Å². The summed E-state index contributed by atoms with van der Waals surface area (Å²) in [5.41, 5.74) is 3.14. The monoisotopic (exact) mass is 537 g/mol. The van der Waals surface area contributed by atoms with Crippen LogP contribution in [-0.2, 0) is 15.9 Å². The molecule has 0 aromatic heterocycles. The molecule has 0 saturated carbocycles. The number of ether oxygens (including phenoxy) is 1. The number of benzene rings is 3. The van der Waals surface area contributed by atoms with Gasteiger partial charge in [-0.05, 0) is 59.2 Å². The molecule has 0 aliphatic rings. The third-order valence-corrected chi connectivity index (χ3v) is 8.35. The van der Waals surface area contributed by atoms with Crippen molar-refractivity contribution < 1.29 is 23.1 Å². The fraction of sp³-hybridized carbons (Fsp3) is 0.387. The fourth-order valence-corrected chi connectivity index (χ4v) is 5.76. The molecular weight excluding hydrogens is 497 g/mol. The molecule has 3 aromatic rings. The van der Waals surface area contributed by atoms with Crippen LogP contribution < -0.4 is 14.4 Å². The topological polar surface area (TPSA) is 73.9 Å². The number of carbonyl (C=O) groups excluding carboxylic acids is 1. The zero-order valence-corrected chi connectivity index (χ0v) is 23.9. The summed E-state index contributed by atoms with van der Waals surface area (Å²) in [7, 11) is -3.94. The summed E-state index contributed by atoms with van der Waals surface area (Å²) in [6, 6.07) is 24.4. The number of unbranched alkanes of at least 4 members (excludes halogenated alkanes) is 1. The van der Waals surface area contributed by atoms with Crippen molar-refractivity contribution in [1.82, 2.24) is 5.32 Å². The second kappa shape index (κ2) is 14.1. The maximum atomic E-state index is 14.5. The van der Waals surface area contributed by atoms with Crippen LogP contribution in [0.3, 0.4) is 0 Å². The van der Waals surface area contributed by atoms with E-state index in [1.54, 1.807) is 24.3 Å². The van der Waals surface area contributed by atoms with Gasteiger partial charge in [-0.1, -0.05) is 102 Å². The number of alkyl carbamates (subject to hydrolysis) is 1. The second-order valence-corrected chi connectivity index (χ2v) is 12.1. The Hall–Kier alpha value is -3.24. The molecule has 1 amide bonds. The van der Waals surface area contributed by atoms with E-state index in [1.807, 2.05) is 61.5 Å². The predicted molar refractivity (Wildman–Crippen MR) is 153 cm³/mol. The lowest BCUT2D eigenvalue weighted by molar-refractivity contribution is 0.136. The molecule has 38 heavy (non-hydrogen) atoms. The van der Waals surface area contributed by atoms with Crippen LogP contribution in [0, 0.1) is 0 Å². The highest BCUT2D eigenvalue weighted by Gasteiger charge is 2.40. The lowest BCUT2D eigenvalue weighted by Crippen LogP contribution is -2.37. The van der Waals surface area contributed by atoms with Crippen LogP contribution in [0.2, 0.25) is 0 Å². The molecule has 3 rings (SSSR count). The lowest BCUT2D eigenvalue weighted by atomic mass is 10.0. The van der Waals surface area contributed by atoms with E-state index in [0.29, 0.717) is 29.8 Å². The van der Waals surface area contributed by atoms with Gasteiger partial charge in [0.05, 0.1) is 0 Å². The van der Waals surface area contributed by atoms with Crippen LogP contribution >= 0.6 is 7.60 Å². The summed E-state index contributed by atoms with van der Waals surface area (Å²) < 4.78 is 32.1. The SMILES string of the molecule is CCCCC(NC(=O)OCc1ccccc1)P(=O)(Oc1ccc(C(C)C)cc1)Oc1ccc(C(C)C)cc1. The molecule has 0 heterocycles. The maximum Gasteiger partial charge on any atom is 0.453 e. The van der Waals surface area contributed by atoms with Crippen molar-refractivity contribution >= 4 is 13.7 Å². The maximum absolute atomic E-state index is 14.5. The lowest BCUT2D eigenvalue weighted by Gasteiger charge is -2.28. The Morgan fingerprint density at radius 2 is 1.29 bits per heavy atom. The first kappa shape index (κ1) is 29.3. The zero-order chi connectivity index (χ0) is 27.5. The predicted octanol–water partition coefficient (Wildman–Crippen LogP) is 9.03. The standard InChI is InChI=1S/C31H40NO5P/c1-6-7-13-30(32-31(33)35-22-25-11-9-8-10-12-25)38(34,36-28-18-14-26(15-19-28)23(2)3)37-29-20-16-27(17-21-29)24(4)5/h8-12,14-21,23-24,30H,6-7,13,22H2,1-5H3,(H,32,33). The van der Waals surface area contributed by atoms with Crippen LogP contribution in [0.4, 0.5) is 4.79 Å².